The van der Waals surface area contributed by atoms with E-state index in [1.807, 2.05) is 0 Å². The highest BCUT2D eigenvalue weighted by Crippen LogP contribution is 2.37. The third-order valence-electron chi connectivity index (χ3n) is 4.02. The lowest BCUT2D eigenvalue weighted by molar-refractivity contribution is -0.150. The first kappa shape index (κ1) is 17.7. The van der Waals surface area contributed by atoms with Crippen molar-refractivity contribution in [1.29, 1.82) is 0 Å². The Morgan fingerprint density at radius 3 is 2.76 bits per heavy atom. The number of hydrogen-bond donors (Lipinski definition) is 2. The Labute approximate surface area is 147 Å². The molecule has 1 unspecified atom stereocenters. The molecule has 0 aromatic heterocycles. The summed E-state index contributed by atoms with van der Waals surface area (Å²) in [7, 11) is 1.28. The van der Waals surface area contributed by atoms with Gasteiger partial charge in [-0.05, 0) is 13.0 Å². The van der Waals surface area contributed by atoms with Gasteiger partial charge < -0.3 is 24.7 Å². The number of carbonyl (C=O) groups excluding carboxylic acids is 2. The summed E-state index contributed by atoms with van der Waals surface area (Å²) in [5.41, 5.74) is -0.215. The summed E-state index contributed by atoms with van der Waals surface area (Å²) in [4.78, 5) is 41.9. The maximum Gasteiger partial charge on any atom is 0.352 e. The second-order valence-electron chi connectivity index (χ2n) is 5.54. The quantitative estimate of drug-likeness (QED) is 0.362. The van der Waals surface area contributed by atoms with Crippen molar-refractivity contribution in [1.82, 2.24) is 10.2 Å². The zero-order chi connectivity index (χ0) is 18.2. The highest BCUT2D eigenvalue weighted by Gasteiger charge is 2.54. The van der Waals surface area contributed by atoms with E-state index < -0.39 is 35.0 Å². The number of thioether (sulfide) groups is 1. The first-order valence-corrected chi connectivity index (χ1v) is 8.52. The molecule has 25 heavy (non-hydrogen) atoms. The number of aliphatic carboxylic acids is 1. The molecule has 10 nitrogen and oxygen atoms in total. The van der Waals surface area contributed by atoms with Crippen LogP contribution in [0.1, 0.15) is 6.92 Å². The maximum absolute atomic E-state index is 12.6. The van der Waals surface area contributed by atoms with Gasteiger partial charge in [0.15, 0.2) is 0 Å². The zero-order valence-electron chi connectivity index (χ0n) is 13.6. The van der Waals surface area contributed by atoms with Crippen LogP contribution in [0.3, 0.4) is 0 Å². The SMILES string of the molecule is CON=C(C(=O)NC1C(=O)N2C(C(=O)O)=CCS[C@H]12)C1(C)OCCO1. The predicted molar refractivity (Wildman–Crippen MR) is 85.5 cm³/mol. The molecule has 3 heterocycles. The fraction of sp³-hybridized carbons (Fsp3) is 0.571. The molecule has 0 bridgehead atoms. The van der Waals surface area contributed by atoms with Crippen LogP contribution in [-0.4, -0.2) is 76.8 Å². The third kappa shape index (κ3) is 2.98. The number of β-lactam (4-membered cyclic amide) rings is 1. The number of hydrogen-bond acceptors (Lipinski definition) is 8. The van der Waals surface area contributed by atoms with Crippen LogP contribution >= 0.6 is 11.8 Å². The molecule has 3 rings (SSSR count). The van der Waals surface area contributed by atoms with E-state index in [0.29, 0.717) is 19.0 Å². The monoisotopic (exact) mass is 371 g/mol. The van der Waals surface area contributed by atoms with Crippen molar-refractivity contribution < 1.29 is 33.8 Å². The highest BCUT2D eigenvalue weighted by atomic mass is 32.2. The molecule has 3 aliphatic rings. The lowest BCUT2D eigenvalue weighted by atomic mass is 10.0. The Kier molecular flexibility index (Phi) is 4.71. The number of nitrogens with one attached hydrogen (secondary N) is 1. The second kappa shape index (κ2) is 6.65. The van der Waals surface area contributed by atoms with E-state index in [2.05, 4.69) is 10.5 Å². The van der Waals surface area contributed by atoms with Crippen LogP contribution < -0.4 is 5.32 Å². The first-order valence-electron chi connectivity index (χ1n) is 7.47. The van der Waals surface area contributed by atoms with Crippen LogP contribution in [0.2, 0.25) is 0 Å². The van der Waals surface area contributed by atoms with Gasteiger partial charge in [-0.1, -0.05) is 5.16 Å². The van der Waals surface area contributed by atoms with Crippen LogP contribution in [0.4, 0.5) is 0 Å². The van der Waals surface area contributed by atoms with Crippen LogP contribution in [0.5, 0.6) is 0 Å². The normalized spacial score (nSPS) is 27.9. The summed E-state index contributed by atoms with van der Waals surface area (Å²) in [6.07, 6.45) is 1.47. The zero-order valence-corrected chi connectivity index (χ0v) is 14.4. The van der Waals surface area contributed by atoms with Crippen molar-refractivity contribution in [3.63, 3.8) is 0 Å². The van der Waals surface area contributed by atoms with Crippen molar-refractivity contribution in [2.24, 2.45) is 5.16 Å². The minimum Gasteiger partial charge on any atom is -0.477 e. The van der Waals surface area contributed by atoms with Gasteiger partial charge in [0.05, 0.1) is 13.2 Å². The summed E-state index contributed by atoms with van der Waals surface area (Å²) in [6, 6.07) is -0.854. The standard InChI is InChI=1S/C14H17N3O7S/c1-14(23-4-5-24-14)9(16-22-2)10(18)15-8-11(19)17-7(13(20)21)3-6-25-12(8)17/h3,8,12H,4-6H2,1-2H3,(H,15,18)(H,20,21)/t8?,12-/m1/s1. The molecule has 0 radical (unpaired) electrons. The van der Waals surface area contributed by atoms with E-state index in [9.17, 15) is 14.4 Å². The van der Waals surface area contributed by atoms with Crippen LogP contribution in [0.25, 0.3) is 0 Å². The molecule has 11 heteroatoms. The van der Waals surface area contributed by atoms with E-state index in [4.69, 9.17) is 19.4 Å². The van der Waals surface area contributed by atoms with E-state index in [1.165, 1.54) is 36.8 Å². The molecular formula is C14H17N3O7S. The van der Waals surface area contributed by atoms with Gasteiger partial charge in [0, 0.05) is 5.75 Å². The van der Waals surface area contributed by atoms with E-state index in [0.717, 1.165) is 0 Å². The number of oxime groups is 1. The maximum atomic E-state index is 12.6. The molecule has 3 aliphatic heterocycles. The van der Waals surface area contributed by atoms with Crippen molar-refractivity contribution in [2.45, 2.75) is 24.1 Å². The van der Waals surface area contributed by atoms with Gasteiger partial charge in [0.25, 0.3) is 11.8 Å². The summed E-state index contributed by atoms with van der Waals surface area (Å²) >= 11 is 1.36. The molecule has 0 aliphatic carbocycles. The average Bonchev–Trinajstić information content (AvgIpc) is 3.03. The molecule has 0 saturated carbocycles. The van der Waals surface area contributed by atoms with Crippen molar-refractivity contribution >= 4 is 35.3 Å². The Morgan fingerprint density at radius 2 is 2.16 bits per heavy atom. The van der Waals surface area contributed by atoms with Gasteiger partial charge in [0.2, 0.25) is 11.5 Å². The number of amides is 2. The smallest absolute Gasteiger partial charge is 0.352 e. The highest BCUT2D eigenvalue weighted by molar-refractivity contribution is 8.00. The number of ether oxygens (including phenoxy) is 2. The van der Waals surface area contributed by atoms with Gasteiger partial charge in [-0.2, -0.15) is 0 Å². The molecule has 2 amide bonds. The minimum absolute atomic E-state index is 0.0700. The Bertz CT molecular complexity index is 671. The molecule has 0 aromatic rings. The van der Waals surface area contributed by atoms with Gasteiger partial charge in [0.1, 0.15) is 24.2 Å². The number of carboxylic acids is 1. The summed E-state index contributed by atoms with van der Waals surface area (Å²) in [5.74, 6) is -3.26. The van der Waals surface area contributed by atoms with E-state index >= 15 is 0 Å². The average molecular weight is 371 g/mol. The second-order valence-corrected chi connectivity index (χ2v) is 6.69. The molecule has 136 valence electrons. The Morgan fingerprint density at radius 1 is 1.48 bits per heavy atom. The molecule has 2 atom stereocenters. The van der Waals surface area contributed by atoms with Crippen LogP contribution in [-0.2, 0) is 28.7 Å². The molecule has 2 N–H and O–H groups in total. The lowest BCUT2D eigenvalue weighted by Crippen LogP contribution is -2.71. The van der Waals surface area contributed by atoms with Gasteiger partial charge in [-0.25, -0.2) is 4.79 Å². The van der Waals surface area contributed by atoms with Gasteiger partial charge in [-0.3, -0.25) is 14.5 Å². The Balaban J connectivity index is 1.73. The summed E-state index contributed by atoms with van der Waals surface area (Å²) in [6.45, 7) is 2.13. The van der Waals surface area contributed by atoms with Crippen LogP contribution in [0, 0.1) is 0 Å². The Hall–Kier alpha value is -2.11. The summed E-state index contributed by atoms with van der Waals surface area (Å²) < 4.78 is 10.8. The number of nitrogens with zero attached hydrogens (tertiary/aromatic N) is 2. The molecule has 0 spiro atoms. The molecule has 2 saturated heterocycles. The molecule has 0 aromatic carbocycles. The molecular weight excluding hydrogens is 354 g/mol. The van der Waals surface area contributed by atoms with Crippen LogP contribution in [0.15, 0.2) is 16.9 Å². The molecule has 2 fully saturated rings. The van der Waals surface area contributed by atoms with E-state index in [1.54, 1.807) is 0 Å². The van der Waals surface area contributed by atoms with Gasteiger partial charge in [-0.15, -0.1) is 11.8 Å². The lowest BCUT2D eigenvalue weighted by Gasteiger charge is -2.48. The minimum atomic E-state index is -1.36. The summed E-state index contributed by atoms with van der Waals surface area (Å²) in [5, 5.41) is 14.9. The van der Waals surface area contributed by atoms with E-state index in [-0.39, 0.29) is 11.4 Å². The predicted octanol–water partition coefficient (Wildman–Crippen LogP) is -0.880. The number of fused-ring (bicyclic) bond motifs is 1. The number of carboxylic acid groups (broad SMARTS) is 1. The van der Waals surface area contributed by atoms with Crippen molar-refractivity contribution in [2.75, 3.05) is 26.1 Å². The van der Waals surface area contributed by atoms with Gasteiger partial charge >= 0.3 is 5.97 Å². The third-order valence-corrected chi connectivity index (χ3v) is 5.20. The topological polar surface area (TPSA) is 127 Å². The largest absolute Gasteiger partial charge is 0.477 e. The fourth-order valence-electron chi connectivity index (χ4n) is 2.82. The number of carbonyl (C=O) groups is 3. The first-order chi connectivity index (χ1) is 11.9. The fourth-order valence-corrected chi connectivity index (χ4v) is 4.02. The van der Waals surface area contributed by atoms with Crippen molar-refractivity contribution in [3.8, 4) is 0 Å². The van der Waals surface area contributed by atoms with Crippen molar-refractivity contribution in [3.05, 3.63) is 11.8 Å². The number of rotatable bonds is 5.